The summed E-state index contributed by atoms with van der Waals surface area (Å²) in [5.41, 5.74) is 0. The third kappa shape index (κ3) is 6.73. The van der Waals surface area contributed by atoms with Crippen molar-refractivity contribution in [3.05, 3.63) is 0 Å². The molecular formula is C17H26O11. The molecule has 1 fully saturated rings. The molecule has 11 nitrogen and oxygen atoms in total. The molecule has 28 heavy (non-hydrogen) atoms. The van der Waals surface area contributed by atoms with Gasteiger partial charge in [0.1, 0.15) is 18.8 Å². The summed E-state index contributed by atoms with van der Waals surface area (Å²) in [7, 11) is 2.63. The number of ether oxygens (including phenoxy) is 7. The van der Waals surface area contributed by atoms with Gasteiger partial charge in [0.25, 0.3) is 0 Å². The van der Waals surface area contributed by atoms with Gasteiger partial charge in [-0.1, -0.05) is 0 Å². The molecule has 1 saturated heterocycles. The summed E-state index contributed by atoms with van der Waals surface area (Å²) in [4.78, 5) is 46.0. The van der Waals surface area contributed by atoms with Crippen molar-refractivity contribution >= 4 is 23.9 Å². The maximum absolute atomic E-state index is 11.7. The molecule has 0 aliphatic carbocycles. The van der Waals surface area contributed by atoms with E-state index in [1.165, 1.54) is 21.1 Å². The molecule has 6 atom stereocenters. The van der Waals surface area contributed by atoms with E-state index in [4.69, 9.17) is 33.2 Å². The van der Waals surface area contributed by atoms with E-state index in [1.807, 2.05) is 0 Å². The van der Waals surface area contributed by atoms with E-state index >= 15 is 0 Å². The van der Waals surface area contributed by atoms with Gasteiger partial charge in [0, 0.05) is 41.9 Å². The van der Waals surface area contributed by atoms with Crippen LogP contribution in [0.1, 0.15) is 27.7 Å². The van der Waals surface area contributed by atoms with Crippen molar-refractivity contribution in [1.82, 2.24) is 0 Å². The van der Waals surface area contributed by atoms with Crippen LogP contribution in [0.3, 0.4) is 0 Å². The molecule has 0 aromatic heterocycles. The van der Waals surface area contributed by atoms with Gasteiger partial charge in [0.15, 0.2) is 24.6 Å². The fourth-order valence-corrected chi connectivity index (χ4v) is 2.79. The SMILES string of the molecule is COC1O[C@H]([C@@H](COC(C)=O)OC)[C@@H](OC(C)=O)[C@H](OC(C)=O)[C@H]1OC(C)=O. The zero-order valence-corrected chi connectivity index (χ0v) is 16.7. The fourth-order valence-electron chi connectivity index (χ4n) is 2.79. The molecule has 1 aliphatic heterocycles. The first-order chi connectivity index (χ1) is 13.1. The highest BCUT2D eigenvalue weighted by molar-refractivity contribution is 5.68. The van der Waals surface area contributed by atoms with Crippen LogP contribution in [0.5, 0.6) is 0 Å². The van der Waals surface area contributed by atoms with Crippen molar-refractivity contribution in [3.8, 4) is 0 Å². The summed E-state index contributed by atoms with van der Waals surface area (Å²) in [6.07, 6.45) is -6.81. The number of carbonyl (C=O) groups is 4. The summed E-state index contributed by atoms with van der Waals surface area (Å²) < 4.78 is 37.1. The van der Waals surface area contributed by atoms with Gasteiger partial charge in [-0.25, -0.2) is 0 Å². The Labute approximate surface area is 162 Å². The Kier molecular flexibility index (Phi) is 9.29. The predicted octanol–water partition coefficient (Wildman–Crippen LogP) is -0.269. The number of esters is 4. The van der Waals surface area contributed by atoms with Crippen molar-refractivity contribution in [3.63, 3.8) is 0 Å². The Bertz CT molecular complexity index is 573. The van der Waals surface area contributed by atoms with Crippen LogP contribution in [0.4, 0.5) is 0 Å². The molecule has 1 rings (SSSR count). The first kappa shape index (κ1) is 23.8. The van der Waals surface area contributed by atoms with E-state index < -0.39 is 60.7 Å². The van der Waals surface area contributed by atoms with Crippen molar-refractivity contribution in [2.45, 2.75) is 64.5 Å². The van der Waals surface area contributed by atoms with Gasteiger partial charge >= 0.3 is 23.9 Å². The molecule has 0 N–H and O–H groups in total. The topological polar surface area (TPSA) is 133 Å². The van der Waals surface area contributed by atoms with Gasteiger partial charge < -0.3 is 33.2 Å². The monoisotopic (exact) mass is 406 g/mol. The number of methoxy groups -OCH3 is 2. The summed E-state index contributed by atoms with van der Waals surface area (Å²) in [6.45, 7) is 4.45. The highest BCUT2D eigenvalue weighted by Gasteiger charge is 2.54. The largest absolute Gasteiger partial charge is 0.463 e. The zero-order chi connectivity index (χ0) is 21.4. The average molecular weight is 406 g/mol. The van der Waals surface area contributed by atoms with Crippen molar-refractivity contribution < 1.29 is 52.3 Å². The molecule has 1 unspecified atom stereocenters. The normalized spacial score (nSPS) is 28.0. The van der Waals surface area contributed by atoms with E-state index in [9.17, 15) is 19.2 Å². The van der Waals surface area contributed by atoms with Crippen molar-refractivity contribution in [2.24, 2.45) is 0 Å². The average Bonchev–Trinajstić information content (AvgIpc) is 2.58. The minimum Gasteiger partial charge on any atom is -0.463 e. The molecule has 11 heteroatoms. The lowest BCUT2D eigenvalue weighted by Crippen LogP contribution is -2.65. The minimum absolute atomic E-state index is 0.226. The van der Waals surface area contributed by atoms with E-state index in [0.29, 0.717) is 0 Å². The maximum Gasteiger partial charge on any atom is 0.303 e. The maximum atomic E-state index is 11.7. The first-order valence-corrected chi connectivity index (χ1v) is 8.46. The number of carbonyl (C=O) groups excluding carboxylic acids is 4. The molecule has 0 bridgehead atoms. The number of hydrogen-bond acceptors (Lipinski definition) is 11. The molecule has 0 aromatic rings. The molecule has 0 saturated carbocycles. The third-order valence-electron chi connectivity index (χ3n) is 3.79. The van der Waals surface area contributed by atoms with Gasteiger partial charge in [0.05, 0.1) is 0 Å². The molecule has 0 radical (unpaired) electrons. The van der Waals surface area contributed by atoms with Crippen molar-refractivity contribution in [1.29, 1.82) is 0 Å². The lowest BCUT2D eigenvalue weighted by molar-refractivity contribution is -0.313. The van der Waals surface area contributed by atoms with Crippen LogP contribution in [0.15, 0.2) is 0 Å². The van der Waals surface area contributed by atoms with Crippen LogP contribution in [0.25, 0.3) is 0 Å². The van der Waals surface area contributed by atoms with Gasteiger partial charge in [-0.05, 0) is 0 Å². The van der Waals surface area contributed by atoms with Crippen LogP contribution in [0.2, 0.25) is 0 Å². The third-order valence-corrected chi connectivity index (χ3v) is 3.79. The van der Waals surface area contributed by atoms with Crippen LogP contribution in [-0.2, 0) is 52.3 Å². The minimum atomic E-state index is -1.25. The summed E-state index contributed by atoms with van der Waals surface area (Å²) in [5.74, 6) is -2.64. The van der Waals surface area contributed by atoms with Crippen LogP contribution in [0, 0.1) is 0 Å². The second kappa shape index (κ2) is 10.9. The summed E-state index contributed by atoms with van der Waals surface area (Å²) in [6, 6.07) is 0. The molecule has 0 amide bonds. The molecule has 1 heterocycles. The Morgan fingerprint density at radius 1 is 0.786 bits per heavy atom. The Hall–Kier alpha value is -2.24. The first-order valence-electron chi connectivity index (χ1n) is 8.46. The second-order valence-corrected chi connectivity index (χ2v) is 6.00. The standard InChI is InChI=1S/C17H26O11/c1-8(18)24-7-12(22-5)13-14(25-9(2)19)15(26-10(3)20)16(27-11(4)21)17(23-6)28-13/h12-17H,7H2,1-6H3/t12-,13-,14-,15+,16-,17?/m1/s1. The number of rotatable bonds is 8. The smallest absolute Gasteiger partial charge is 0.303 e. The Balaban J connectivity index is 3.31. The van der Waals surface area contributed by atoms with Gasteiger partial charge in [0.2, 0.25) is 0 Å². The quantitative estimate of drug-likeness (QED) is 0.389. The van der Waals surface area contributed by atoms with Crippen LogP contribution >= 0.6 is 0 Å². The van der Waals surface area contributed by atoms with Crippen molar-refractivity contribution in [2.75, 3.05) is 20.8 Å². The lowest BCUT2D eigenvalue weighted by Gasteiger charge is -2.45. The van der Waals surface area contributed by atoms with E-state index in [1.54, 1.807) is 0 Å². The predicted molar refractivity (Wildman–Crippen MR) is 89.8 cm³/mol. The molecule has 0 spiro atoms. The lowest BCUT2D eigenvalue weighted by atomic mass is 9.94. The summed E-state index contributed by atoms with van der Waals surface area (Å²) in [5, 5.41) is 0. The van der Waals surface area contributed by atoms with Crippen LogP contribution < -0.4 is 0 Å². The zero-order valence-electron chi connectivity index (χ0n) is 16.7. The molecule has 1 aliphatic rings. The Morgan fingerprint density at radius 3 is 1.71 bits per heavy atom. The highest BCUT2D eigenvalue weighted by atomic mass is 16.7. The summed E-state index contributed by atoms with van der Waals surface area (Å²) >= 11 is 0. The van der Waals surface area contributed by atoms with E-state index in [0.717, 1.165) is 20.8 Å². The van der Waals surface area contributed by atoms with Gasteiger partial charge in [-0.15, -0.1) is 0 Å². The van der Waals surface area contributed by atoms with E-state index in [2.05, 4.69) is 0 Å². The molecular weight excluding hydrogens is 380 g/mol. The number of hydrogen-bond donors (Lipinski definition) is 0. The van der Waals surface area contributed by atoms with Crippen LogP contribution in [-0.4, -0.2) is 81.5 Å². The van der Waals surface area contributed by atoms with Gasteiger partial charge in [-0.2, -0.15) is 0 Å². The molecule has 160 valence electrons. The van der Waals surface area contributed by atoms with Gasteiger partial charge in [-0.3, -0.25) is 19.2 Å². The molecule has 0 aromatic carbocycles. The second-order valence-electron chi connectivity index (χ2n) is 6.00. The Morgan fingerprint density at radius 2 is 1.29 bits per heavy atom. The van der Waals surface area contributed by atoms with E-state index in [-0.39, 0.29) is 6.61 Å². The fraction of sp³-hybridized carbons (Fsp3) is 0.765. The highest BCUT2D eigenvalue weighted by Crippen LogP contribution is 2.31.